The van der Waals surface area contributed by atoms with Crippen molar-refractivity contribution in [2.45, 2.75) is 18.6 Å². The van der Waals surface area contributed by atoms with Crippen LogP contribution in [0.15, 0.2) is 18.2 Å². The van der Waals surface area contributed by atoms with E-state index in [1.54, 1.807) is 25.3 Å². The van der Waals surface area contributed by atoms with Crippen LogP contribution in [0.4, 0.5) is 0 Å². The van der Waals surface area contributed by atoms with Gasteiger partial charge in [-0.1, -0.05) is 33.6 Å². The van der Waals surface area contributed by atoms with E-state index in [0.29, 0.717) is 28.1 Å². The van der Waals surface area contributed by atoms with Crippen molar-refractivity contribution < 1.29 is 14.9 Å². The number of rotatable bonds is 5. The van der Waals surface area contributed by atoms with Gasteiger partial charge in [0.15, 0.2) is 0 Å². The first-order valence-electron chi connectivity index (χ1n) is 4.85. The molecule has 0 spiro atoms. The molecule has 0 aliphatic heterocycles. The summed E-state index contributed by atoms with van der Waals surface area (Å²) in [5, 5.41) is 20.5. The van der Waals surface area contributed by atoms with Crippen molar-refractivity contribution in [1.82, 2.24) is 0 Å². The van der Waals surface area contributed by atoms with Gasteiger partial charge in [0.2, 0.25) is 0 Å². The van der Waals surface area contributed by atoms with Crippen molar-refractivity contribution in [3.63, 3.8) is 0 Å². The second-order valence-electron chi connectivity index (χ2n) is 3.38. The van der Waals surface area contributed by atoms with Crippen molar-refractivity contribution in [3.05, 3.63) is 28.8 Å². The van der Waals surface area contributed by atoms with Crippen molar-refractivity contribution >= 4 is 27.5 Å². The van der Waals surface area contributed by atoms with Crippen molar-refractivity contribution in [2.75, 3.05) is 12.4 Å². The Bertz CT molecular complexity index is 346. The normalized spacial score (nSPS) is 14.6. The molecule has 0 aliphatic carbocycles. The van der Waals surface area contributed by atoms with Crippen LogP contribution in [0.5, 0.6) is 5.75 Å². The maximum atomic E-state index is 9.87. The van der Waals surface area contributed by atoms with Gasteiger partial charge in [-0.15, -0.1) is 0 Å². The van der Waals surface area contributed by atoms with Crippen LogP contribution in [0, 0.1) is 0 Å². The van der Waals surface area contributed by atoms with E-state index < -0.39 is 12.2 Å². The highest BCUT2D eigenvalue weighted by atomic mass is 79.9. The molecule has 2 N–H and O–H groups in total. The van der Waals surface area contributed by atoms with Gasteiger partial charge < -0.3 is 14.9 Å². The van der Waals surface area contributed by atoms with Crippen LogP contribution in [-0.4, -0.2) is 28.8 Å². The lowest BCUT2D eigenvalue weighted by Crippen LogP contribution is -2.18. The predicted molar refractivity (Wildman–Crippen MR) is 67.4 cm³/mol. The number of alkyl halides is 1. The Morgan fingerprint density at radius 3 is 2.62 bits per heavy atom. The Morgan fingerprint density at radius 1 is 1.44 bits per heavy atom. The zero-order valence-corrected chi connectivity index (χ0v) is 11.2. The van der Waals surface area contributed by atoms with Crippen molar-refractivity contribution in [1.29, 1.82) is 0 Å². The quantitative estimate of drug-likeness (QED) is 0.822. The summed E-state index contributed by atoms with van der Waals surface area (Å²) < 4.78 is 5.00. The third kappa shape index (κ3) is 3.35. The SMILES string of the molecule is COc1ccc(C(O)C(O)CCBr)c(Cl)c1. The van der Waals surface area contributed by atoms with Crippen LogP contribution in [0.3, 0.4) is 0 Å². The monoisotopic (exact) mass is 308 g/mol. The minimum Gasteiger partial charge on any atom is -0.497 e. The first-order chi connectivity index (χ1) is 7.60. The molecule has 0 amide bonds. The number of hydrogen-bond donors (Lipinski definition) is 2. The Labute approximate surface area is 108 Å². The largest absolute Gasteiger partial charge is 0.497 e. The average Bonchev–Trinajstić information content (AvgIpc) is 2.28. The fraction of sp³-hybridized carbons (Fsp3) is 0.455. The molecule has 1 aromatic rings. The Hall–Kier alpha value is -0.290. The lowest BCUT2D eigenvalue weighted by atomic mass is 10.0. The second-order valence-corrected chi connectivity index (χ2v) is 4.58. The molecule has 0 aromatic heterocycles. The Kier molecular flexibility index (Phi) is 5.55. The molecule has 0 fully saturated rings. The summed E-state index contributed by atoms with van der Waals surface area (Å²) >= 11 is 9.19. The third-order valence-corrected chi connectivity index (χ3v) is 3.08. The van der Waals surface area contributed by atoms with Gasteiger partial charge in [0.25, 0.3) is 0 Å². The van der Waals surface area contributed by atoms with Gasteiger partial charge in [0.1, 0.15) is 11.9 Å². The van der Waals surface area contributed by atoms with E-state index in [4.69, 9.17) is 16.3 Å². The molecular weight excluding hydrogens is 295 g/mol. The summed E-state index contributed by atoms with van der Waals surface area (Å²) in [6.07, 6.45) is -1.34. The van der Waals surface area contributed by atoms with Gasteiger partial charge in [-0.3, -0.25) is 0 Å². The third-order valence-electron chi connectivity index (χ3n) is 2.30. The summed E-state index contributed by atoms with van der Waals surface area (Å²) in [5.74, 6) is 0.621. The first kappa shape index (κ1) is 13.8. The summed E-state index contributed by atoms with van der Waals surface area (Å²) in [6.45, 7) is 0. The number of benzene rings is 1. The zero-order valence-electron chi connectivity index (χ0n) is 8.86. The van der Waals surface area contributed by atoms with Crippen LogP contribution in [-0.2, 0) is 0 Å². The smallest absolute Gasteiger partial charge is 0.120 e. The number of methoxy groups -OCH3 is 1. The highest BCUT2D eigenvalue weighted by Gasteiger charge is 2.20. The topological polar surface area (TPSA) is 49.7 Å². The van der Waals surface area contributed by atoms with Gasteiger partial charge in [-0.2, -0.15) is 0 Å². The number of aliphatic hydroxyl groups excluding tert-OH is 2. The van der Waals surface area contributed by atoms with E-state index in [1.807, 2.05) is 0 Å². The zero-order chi connectivity index (χ0) is 12.1. The average molecular weight is 310 g/mol. The van der Waals surface area contributed by atoms with E-state index in [0.717, 1.165) is 0 Å². The fourth-order valence-corrected chi connectivity index (χ4v) is 2.10. The number of ether oxygens (including phenoxy) is 1. The molecule has 0 heterocycles. The number of halogens is 2. The number of hydrogen-bond acceptors (Lipinski definition) is 3. The molecule has 0 bridgehead atoms. The first-order valence-corrected chi connectivity index (χ1v) is 6.35. The van der Waals surface area contributed by atoms with E-state index in [9.17, 15) is 10.2 Å². The minimum atomic E-state index is -0.976. The van der Waals surface area contributed by atoms with Gasteiger partial charge in [0.05, 0.1) is 18.2 Å². The summed E-state index contributed by atoms with van der Waals surface area (Å²) in [7, 11) is 1.54. The lowest BCUT2D eigenvalue weighted by Gasteiger charge is -2.18. The highest BCUT2D eigenvalue weighted by Crippen LogP contribution is 2.29. The number of aliphatic hydroxyl groups is 2. The molecule has 2 atom stereocenters. The van der Waals surface area contributed by atoms with Gasteiger partial charge >= 0.3 is 0 Å². The molecule has 16 heavy (non-hydrogen) atoms. The minimum absolute atomic E-state index is 0.389. The van der Waals surface area contributed by atoms with Crippen LogP contribution >= 0.6 is 27.5 Å². The van der Waals surface area contributed by atoms with Gasteiger partial charge in [-0.05, 0) is 18.6 Å². The maximum absolute atomic E-state index is 9.87. The molecule has 0 aliphatic rings. The second kappa shape index (κ2) is 6.45. The van der Waals surface area contributed by atoms with Crippen LogP contribution in [0.25, 0.3) is 0 Å². The molecule has 3 nitrogen and oxygen atoms in total. The van der Waals surface area contributed by atoms with Gasteiger partial charge in [0, 0.05) is 10.9 Å². The molecule has 1 aromatic carbocycles. The Balaban J connectivity index is 2.87. The molecule has 0 radical (unpaired) electrons. The molecule has 0 saturated carbocycles. The van der Waals surface area contributed by atoms with E-state index in [-0.39, 0.29) is 0 Å². The van der Waals surface area contributed by atoms with Crippen molar-refractivity contribution in [3.8, 4) is 5.75 Å². The molecule has 5 heteroatoms. The molecule has 1 rings (SSSR count). The van der Waals surface area contributed by atoms with Crippen LogP contribution < -0.4 is 4.74 Å². The maximum Gasteiger partial charge on any atom is 0.120 e. The van der Waals surface area contributed by atoms with E-state index in [1.165, 1.54) is 0 Å². The molecule has 0 saturated heterocycles. The van der Waals surface area contributed by atoms with Crippen LogP contribution in [0.2, 0.25) is 5.02 Å². The van der Waals surface area contributed by atoms with E-state index in [2.05, 4.69) is 15.9 Å². The van der Waals surface area contributed by atoms with Crippen molar-refractivity contribution in [2.24, 2.45) is 0 Å². The Morgan fingerprint density at radius 2 is 2.12 bits per heavy atom. The van der Waals surface area contributed by atoms with Crippen LogP contribution in [0.1, 0.15) is 18.1 Å². The summed E-state index contributed by atoms with van der Waals surface area (Å²) in [5.41, 5.74) is 0.510. The highest BCUT2D eigenvalue weighted by molar-refractivity contribution is 9.09. The molecule has 2 unspecified atom stereocenters. The lowest BCUT2D eigenvalue weighted by molar-refractivity contribution is 0.0174. The van der Waals surface area contributed by atoms with Gasteiger partial charge in [-0.25, -0.2) is 0 Å². The van der Waals surface area contributed by atoms with E-state index >= 15 is 0 Å². The molecular formula is C11H14BrClO3. The fourth-order valence-electron chi connectivity index (χ4n) is 1.35. The predicted octanol–water partition coefficient (Wildman–Crippen LogP) is 2.53. The summed E-state index contributed by atoms with van der Waals surface area (Å²) in [4.78, 5) is 0. The summed E-state index contributed by atoms with van der Waals surface area (Å²) in [6, 6.07) is 4.97. The standard InChI is InChI=1S/C11H14BrClO3/c1-16-7-2-3-8(9(13)6-7)11(15)10(14)4-5-12/h2-3,6,10-11,14-15H,4-5H2,1H3. The molecule has 90 valence electrons.